The van der Waals surface area contributed by atoms with Gasteiger partial charge in [-0.05, 0) is 51.0 Å². The Balaban J connectivity index is 0. The van der Waals surface area contributed by atoms with Gasteiger partial charge in [-0.3, -0.25) is 4.79 Å². The van der Waals surface area contributed by atoms with Crippen LogP contribution in [0.15, 0.2) is 182 Å². The van der Waals surface area contributed by atoms with E-state index >= 15 is 0 Å². The Morgan fingerprint density at radius 2 is 0.844 bits per heavy atom. The molecular formula is C52H64Br3IMgO4P2V. The van der Waals surface area contributed by atoms with Crippen molar-refractivity contribution in [3.05, 3.63) is 189 Å². The molecule has 6 aromatic carbocycles. The first-order valence-electron chi connectivity index (χ1n) is 20.2. The van der Waals surface area contributed by atoms with E-state index in [0.717, 1.165) is 17.9 Å². The molecule has 0 spiro atoms. The van der Waals surface area contributed by atoms with Gasteiger partial charge in [0.2, 0.25) is 0 Å². The van der Waals surface area contributed by atoms with Gasteiger partial charge in [0.15, 0.2) is 0 Å². The van der Waals surface area contributed by atoms with Crippen LogP contribution in [0, 0.1) is 7.43 Å². The second-order valence-electron chi connectivity index (χ2n) is 15.3. The monoisotopic (exact) mass is 1250 g/mol. The third-order valence-electron chi connectivity index (χ3n) is 9.38. The standard InChI is InChI=1S/C23H26BrOP.C18H15P.C5H9BrO2.C5H11BrO.CH3.HI.Mg.V/c1-23(2,25)18-19-26(24,20-12-6-3-7-13-20,21-14-8-4-9-15-21)22-16-10-5-11-17-22;1-4-10-16(11-5-1)19(17-12-6-2-7-13-17)18-14-8-3-9-15-18;1-2-8-5(7)3-4-6;1-5(2,7)3-4-6;;;;/h3-17,25H,18-19H2,1-2H3;1-15H;2-4H2,1H3;7H,3-4H2,1-2H3;1H3;1H;;/q;;;;-1;;+2;/p-1. The van der Waals surface area contributed by atoms with E-state index < -0.39 is 24.4 Å². The minimum atomic E-state index is -2.89. The average molecular weight is 1260 g/mol. The van der Waals surface area contributed by atoms with E-state index in [1.165, 1.54) is 31.8 Å². The fourth-order valence-electron chi connectivity index (χ4n) is 6.25. The van der Waals surface area contributed by atoms with E-state index in [0.29, 0.717) is 24.8 Å². The first-order valence-corrected chi connectivity index (χ1v) is 28.3. The molecule has 0 heterocycles. The van der Waals surface area contributed by atoms with E-state index in [9.17, 15) is 9.90 Å². The van der Waals surface area contributed by atoms with Crippen molar-refractivity contribution in [2.45, 2.75) is 65.1 Å². The minimum absolute atomic E-state index is 0. The SMILES string of the molecule is CC(C)(O)CCBr.CC(C)(O)CCP(Br)(c1ccccc1)(c1ccccc1)c1ccccc1.CCOC(=O)CCBr.[CH3-].[I-].[Mg+2].[V].c1ccc(P(c2ccccc2)c2ccccc2)cc1. The van der Waals surface area contributed by atoms with Crippen LogP contribution in [-0.4, -0.2) is 73.9 Å². The second-order valence-corrected chi connectivity index (χ2v) is 28.2. The zero-order chi connectivity index (χ0) is 43.9. The zero-order valence-electron chi connectivity index (χ0n) is 38.0. The van der Waals surface area contributed by atoms with Gasteiger partial charge in [0, 0.05) is 29.2 Å². The summed E-state index contributed by atoms with van der Waals surface area (Å²) in [5.41, 5.74) is -1.22. The summed E-state index contributed by atoms with van der Waals surface area (Å²) in [7, 11) is -0.446. The topological polar surface area (TPSA) is 66.8 Å². The van der Waals surface area contributed by atoms with Gasteiger partial charge in [-0.15, -0.1) is 0 Å². The molecule has 341 valence electrons. The number of ether oxygens (including phenoxy) is 1. The number of benzene rings is 6. The second kappa shape index (κ2) is 33.6. The Kier molecular flexibility index (Phi) is 34.2. The maximum absolute atomic E-state index is 10.5. The van der Waals surface area contributed by atoms with Gasteiger partial charge in [0.25, 0.3) is 0 Å². The van der Waals surface area contributed by atoms with Crippen molar-refractivity contribution < 1.29 is 62.3 Å². The van der Waals surface area contributed by atoms with Gasteiger partial charge in [0.05, 0.1) is 18.6 Å². The fraction of sp³-hybridized carbons (Fsp3) is 0.269. The number of rotatable bonds is 14. The van der Waals surface area contributed by atoms with Gasteiger partial charge in [0.1, 0.15) is 0 Å². The van der Waals surface area contributed by atoms with Crippen molar-refractivity contribution in [2.75, 3.05) is 23.4 Å². The third-order valence-corrected chi connectivity index (χ3v) is 22.6. The number of aliphatic hydroxyl groups is 2. The van der Waals surface area contributed by atoms with Gasteiger partial charge in [-0.2, -0.15) is 0 Å². The summed E-state index contributed by atoms with van der Waals surface area (Å²) in [6, 6.07) is 64.4. The van der Waals surface area contributed by atoms with Gasteiger partial charge >= 0.3 is 194 Å². The van der Waals surface area contributed by atoms with E-state index in [-0.39, 0.29) is 79.0 Å². The summed E-state index contributed by atoms with van der Waals surface area (Å²) < 4.78 is 4.61. The molecular weight excluding hydrogens is 1190 g/mol. The normalized spacial score (nSPS) is 11.1. The predicted octanol–water partition coefficient (Wildman–Crippen LogP) is 8.38. The predicted molar refractivity (Wildman–Crippen MR) is 287 cm³/mol. The molecule has 0 aliphatic rings. The third kappa shape index (κ3) is 21.6. The van der Waals surface area contributed by atoms with E-state index in [2.05, 4.69) is 234 Å². The van der Waals surface area contributed by atoms with Crippen LogP contribution in [-0.2, 0) is 28.1 Å². The molecule has 0 fully saturated rings. The molecule has 0 aliphatic carbocycles. The van der Waals surface area contributed by atoms with Crippen molar-refractivity contribution in [2.24, 2.45) is 0 Å². The average Bonchev–Trinajstić information content (AvgIpc) is 3.25. The first kappa shape index (κ1) is 65.2. The van der Waals surface area contributed by atoms with Crippen molar-refractivity contribution in [3.63, 3.8) is 0 Å². The van der Waals surface area contributed by atoms with Gasteiger partial charge < -0.3 is 41.2 Å². The molecule has 64 heavy (non-hydrogen) atoms. The molecule has 1 radical (unpaired) electrons. The van der Waals surface area contributed by atoms with Crippen LogP contribution in [0.25, 0.3) is 0 Å². The number of hydrogen-bond donors (Lipinski definition) is 2. The molecule has 0 aromatic heterocycles. The molecule has 6 aromatic rings. The number of alkyl halides is 2. The van der Waals surface area contributed by atoms with Crippen LogP contribution in [0.4, 0.5) is 0 Å². The van der Waals surface area contributed by atoms with Gasteiger partial charge in [-0.1, -0.05) is 123 Å². The molecule has 0 aliphatic heterocycles. The number of carbonyl (C=O) groups excluding carboxylic acids is 1. The summed E-state index contributed by atoms with van der Waals surface area (Å²) in [6.45, 7) is 9.66. The Labute approximate surface area is 456 Å². The van der Waals surface area contributed by atoms with Crippen LogP contribution in [0.1, 0.15) is 53.9 Å². The Morgan fingerprint density at radius 3 is 1.06 bits per heavy atom. The van der Waals surface area contributed by atoms with Crippen LogP contribution < -0.4 is 55.8 Å². The summed E-state index contributed by atoms with van der Waals surface area (Å²) in [5.74, 6) is -0.135. The van der Waals surface area contributed by atoms with E-state index in [1.807, 2.05) is 13.8 Å². The molecule has 12 heteroatoms. The summed E-state index contributed by atoms with van der Waals surface area (Å²) in [6.07, 6.45) is 2.84. The summed E-state index contributed by atoms with van der Waals surface area (Å²) >= 11 is 10.7. The number of hydrogen-bond acceptors (Lipinski definition) is 4. The largest absolute Gasteiger partial charge is 2.00 e. The molecule has 0 unspecified atom stereocenters. The molecule has 0 saturated carbocycles. The first-order chi connectivity index (χ1) is 28.7. The van der Waals surface area contributed by atoms with Crippen molar-refractivity contribution >= 4 is 121 Å². The molecule has 0 saturated heterocycles. The van der Waals surface area contributed by atoms with Crippen molar-refractivity contribution in [1.82, 2.24) is 0 Å². The quantitative estimate of drug-likeness (QED) is 0.0288. The number of halogens is 4. The van der Waals surface area contributed by atoms with Crippen molar-refractivity contribution in [3.8, 4) is 0 Å². The summed E-state index contributed by atoms with van der Waals surface area (Å²) in [5, 5.41) is 26.3. The molecule has 0 atom stereocenters. The molecule has 4 nitrogen and oxygen atoms in total. The maximum atomic E-state index is 10.5. The Hall–Kier alpha value is -0.909. The maximum Gasteiger partial charge on any atom is 2.00 e. The molecule has 0 bridgehead atoms. The van der Waals surface area contributed by atoms with Crippen LogP contribution >= 0.6 is 60.6 Å². The van der Waals surface area contributed by atoms with E-state index in [1.54, 1.807) is 20.8 Å². The van der Waals surface area contributed by atoms with Crippen LogP contribution in [0.2, 0.25) is 0 Å². The number of carbonyl (C=O) groups is 1. The molecule has 2 N–H and O–H groups in total. The number of esters is 1. The smallest absolute Gasteiger partial charge is 1.00 e. The minimum Gasteiger partial charge on any atom is -1.00 e. The summed E-state index contributed by atoms with van der Waals surface area (Å²) in [4.78, 5) is 10.4. The molecule has 0 amide bonds. The molecule has 6 rings (SSSR count). The Morgan fingerprint density at radius 1 is 0.562 bits per heavy atom. The van der Waals surface area contributed by atoms with Crippen LogP contribution in [0.3, 0.4) is 0 Å². The fourth-order valence-corrected chi connectivity index (χ4v) is 17.5. The van der Waals surface area contributed by atoms with Crippen LogP contribution in [0.5, 0.6) is 0 Å². The zero-order valence-corrected chi connectivity index (χ0v) is 49.6. The van der Waals surface area contributed by atoms with Crippen molar-refractivity contribution in [1.29, 1.82) is 0 Å². The Bertz CT molecular complexity index is 1870. The van der Waals surface area contributed by atoms with Gasteiger partial charge in [-0.25, -0.2) is 0 Å². The van der Waals surface area contributed by atoms with E-state index in [4.69, 9.17) is 5.11 Å².